The summed E-state index contributed by atoms with van der Waals surface area (Å²) in [7, 11) is 0. The van der Waals surface area contributed by atoms with Gasteiger partial charge in [0.25, 0.3) is 0 Å². The summed E-state index contributed by atoms with van der Waals surface area (Å²) in [5, 5.41) is 3.01. The van der Waals surface area contributed by atoms with Gasteiger partial charge >= 0.3 is 0 Å². The Labute approximate surface area is 106 Å². The van der Waals surface area contributed by atoms with Crippen molar-refractivity contribution < 1.29 is 4.79 Å². The summed E-state index contributed by atoms with van der Waals surface area (Å²) in [5.41, 5.74) is 6.54. The smallest absolute Gasteiger partial charge is 0.237 e. The minimum atomic E-state index is -0.370. The second kappa shape index (κ2) is 4.60. The Balaban J connectivity index is 2.41. The number of carbonyl (C=O) groups excluding carboxylic acids is 1. The van der Waals surface area contributed by atoms with Gasteiger partial charge in [0.1, 0.15) is 0 Å². The number of hydrogen-bond donors (Lipinski definition) is 2. The second-order valence-electron chi connectivity index (χ2n) is 6.65. The molecule has 0 radical (unpaired) electrons. The van der Waals surface area contributed by atoms with E-state index in [4.69, 9.17) is 5.73 Å². The van der Waals surface area contributed by atoms with Crippen LogP contribution >= 0.6 is 0 Å². The largest absolute Gasteiger partial charge is 0.354 e. The van der Waals surface area contributed by atoms with Gasteiger partial charge in [0.2, 0.25) is 5.91 Å². The summed E-state index contributed by atoms with van der Waals surface area (Å²) >= 11 is 0. The van der Waals surface area contributed by atoms with Crippen LogP contribution < -0.4 is 11.1 Å². The van der Waals surface area contributed by atoms with Gasteiger partial charge < -0.3 is 11.1 Å². The maximum Gasteiger partial charge on any atom is 0.237 e. The normalized spacial score (nSPS) is 25.1. The third-order valence-electron chi connectivity index (χ3n) is 5.36. The second-order valence-corrected chi connectivity index (χ2v) is 6.65. The van der Waals surface area contributed by atoms with E-state index in [1.807, 2.05) is 6.92 Å². The Morgan fingerprint density at radius 3 is 2.12 bits per heavy atom. The van der Waals surface area contributed by atoms with E-state index in [9.17, 15) is 4.79 Å². The first kappa shape index (κ1) is 14.5. The third kappa shape index (κ3) is 2.49. The predicted octanol–water partition coefficient (Wildman–Crippen LogP) is 2.16. The molecule has 3 N–H and O–H groups in total. The maximum atomic E-state index is 11.9. The van der Waals surface area contributed by atoms with Crippen molar-refractivity contribution in [3.8, 4) is 0 Å². The highest BCUT2D eigenvalue weighted by Crippen LogP contribution is 2.67. The van der Waals surface area contributed by atoms with Crippen LogP contribution in [0.2, 0.25) is 0 Å². The molecule has 0 aliphatic heterocycles. The molecule has 0 aromatic carbocycles. The number of carbonyl (C=O) groups is 1. The molecule has 2 atom stereocenters. The van der Waals surface area contributed by atoms with Gasteiger partial charge in [-0.2, -0.15) is 0 Å². The van der Waals surface area contributed by atoms with E-state index in [1.54, 1.807) is 0 Å². The highest BCUT2D eigenvalue weighted by molar-refractivity contribution is 5.81. The van der Waals surface area contributed by atoms with E-state index in [2.05, 4.69) is 39.9 Å². The van der Waals surface area contributed by atoms with Crippen LogP contribution in [-0.4, -0.2) is 18.5 Å². The molecule has 1 aliphatic carbocycles. The first-order chi connectivity index (χ1) is 7.66. The number of hydrogen-bond acceptors (Lipinski definition) is 2. The summed E-state index contributed by atoms with van der Waals surface area (Å²) < 4.78 is 0. The molecule has 3 nitrogen and oxygen atoms in total. The topological polar surface area (TPSA) is 55.1 Å². The van der Waals surface area contributed by atoms with Crippen LogP contribution in [0.5, 0.6) is 0 Å². The fourth-order valence-corrected chi connectivity index (χ4v) is 2.68. The molecule has 0 aromatic heterocycles. The van der Waals surface area contributed by atoms with Crippen molar-refractivity contribution in [2.75, 3.05) is 6.54 Å². The van der Waals surface area contributed by atoms with Crippen molar-refractivity contribution in [1.29, 1.82) is 0 Å². The Morgan fingerprint density at radius 1 is 1.29 bits per heavy atom. The van der Waals surface area contributed by atoms with Gasteiger partial charge in [-0.25, -0.2) is 0 Å². The lowest BCUT2D eigenvalue weighted by Gasteiger charge is -2.18. The summed E-state index contributed by atoms with van der Waals surface area (Å²) in [5.74, 6) is 0.802. The fraction of sp³-hybridized carbons (Fsp3) is 0.929. The molecule has 1 fully saturated rings. The molecule has 0 aromatic rings. The first-order valence-corrected chi connectivity index (χ1v) is 6.69. The zero-order chi connectivity index (χ0) is 13.4. The number of nitrogens with two attached hydrogens (primary N) is 1. The van der Waals surface area contributed by atoms with Crippen molar-refractivity contribution in [3.05, 3.63) is 0 Å². The molecule has 17 heavy (non-hydrogen) atoms. The lowest BCUT2D eigenvalue weighted by molar-refractivity contribution is -0.123. The Kier molecular flexibility index (Phi) is 3.92. The summed E-state index contributed by atoms with van der Waals surface area (Å²) in [6.45, 7) is 13.9. The van der Waals surface area contributed by atoms with E-state index < -0.39 is 0 Å². The van der Waals surface area contributed by atoms with Gasteiger partial charge in [0.05, 0.1) is 6.04 Å². The molecule has 0 heterocycles. The molecule has 100 valence electrons. The lowest BCUT2D eigenvalue weighted by Crippen LogP contribution is -2.45. The van der Waals surface area contributed by atoms with Crippen LogP contribution in [-0.2, 0) is 4.79 Å². The maximum absolute atomic E-state index is 11.9. The van der Waals surface area contributed by atoms with Gasteiger partial charge in [-0.05, 0) is 22.7 Å². The van der Waals surface area contributed by atoms with Crippen LogP contribution in [0.15, 0.2) is 0 Å². The highest BCUT2D eigenvalue weighted by Gasteiger charge is 2.64. The fourth-order valence-electron chi connectivity index (χ4n) is 2.68. The van der Waals surface area contributed by atoms with Gasteiger partial charge in [0.15, 0.2) is 0 Å². The SMILES string of the molecule is CCC(C)[C@H](N)C(=O)NCC1C(C)(C)C1(C)C. The standard InChI is InChI=1S/C14H28N2O/c1-7-9(2)11(15)12(17)16-8-10-13(3,4)14(10,5)6/h9-11H,7-8,15H2,1-6H3,(H,16,17)/t9?,11-/m0/s1. The average Bonchev–Trinajstić information content (AvgIpc) is 2.64. The van der Waals surface area contributed by atoms with Crippen LogP contribution in [0, 0.1) is 22.7 Å². The minimum absolute atomic E-state index is 0.00199. The summed E-state index contributed by atoms with van der Waals surface area (Å²) in [6, 6.07) is -0.370. The Morgan fingerprint density at radius 2 is 1.76 bits per heavy atom. The van der Waals surface area contributed by atoms with Crippen LogP contribution in [0.4, 0.5) is 0 Å². The van der Waals surface area contributed by atoms with Gasteiger partial charge in [0, 0.05) is 6.54 Å². The van der Waals surface area contributed by atoms with E-state index in [0.717, 1.165) is 13.0 Å². The zero-order valence-corrected chi connectivity index (χ0v) is 12.1. The van der Waals surface area contributed by atoms with Crippen molar-refractivity contribution in [2.45, 2.75) is 54.0 Å². The van der Waals surface area contributed by atoms with E-state index >= 15 is 0 Å². The molecule has 1 amide bonds. The molecule has 1 saturated carbocycles. The van der Waals surface area contributed by atoms with Crippen LogP contribution in [0.25, 0.3) is 0 Å². The molecule has 3 heteroatoms. The quantitative estimate of drug-likeness (QED) is 0.773. The van der Waals surface area contributed by atoms with E-state index in [-0.39, 0.29) is 17.9 Å². The lowest BCUT2D eigenvalue weighted by atomic mass is 9.99. The highest BCUT2D eigenvalue weighted by atomic mass is 16.2. The average molecular weight is 240 g/mol. The van der Waals surface area contributed by atoms with Crippen molar-refractivity contribution in [1.82, 2.24) is 5.32 Å². The molecule has 0 saturated heterocycles. The van der Waals surface area contributed by atoms with Crippen molar-refractivity contribution in [2.24, 2.45) is 28.4 Å². The number of amides is 1. The zero-order valence-electron chi connectivity index (χ0n) is 12.1. The molecule has 0 spiro atoms. The Hall–Kier alpha value is -0.570. The van der Waals surface area contributed by atoms with Gasteiger partial charge in [-0.1, -0.05) is 48.0 Å². The molecular formula is C14H28N2O. The van der Waals surface area contributed by atoms with Crippen molar-refractivity contribution >= 4 is 5.91 Å². The summed E-state index contributed by atoms with van der Waals surface area (Å²) in [6.07, 6.45) is 0.939. The van der Waals surface area contributed by atoms with E-state index in [1.165, 1.54) is 0 Å². The Bertz CT molecular complexity index is 283. The van der Waals surface area contributed by atoms with Crippen molar-refractivity contribution in [3.63, 3.8) is 0 Å². The van der Waals surface area contributed by atoms with Crippen LogP contribution in [0.1, 0.15) is 48.0 Å². The molecule has 1 rings (SSSR count). The minimum Gasteiger partial charge on any atom is -0.354 e. The predicted molar refractivity (Wildman–Crippen MR) is 71.5 cm³/mol. The molecular weight excluding hydrogens is 212 g/mol. The van der Waals surface area contributed by atoms with Gasteiger partial charge in [-0.3, -0.25) is 4.79 Å². The first-order valence-electron chi connectivity index (χ1n) is 6.69. The molecule has 1 aliphatic rings. The third-order valence-corrected chi connectivity index (χ3v) is 5.36. The van der Waals surface area contributed by atoms with E-state index in [0.29, 0.717) is 16.7 Å². The van der Waals surface area contributed by atoms with Crippen LogP contribution in [0.3, 0.4) is 0 Å². The monoisotopic (exact) mass is 240 g/mol. The molecule has 1 unspecified atom stereocenters. The number of rotatable bonds is 5. The molecule has 0 bridgehead atoms. The summed E-state index contributed by atoms with van der Waals surface area (Å²) in [4.78, 5) is 11.9. The van der Waals surface area contributed by atoms with Gasteiger partial charge in [-0.15, -0.1) is 0 Å². The number of nitrogens with one attached hydrogen (secondary N) is 1.